The molecule has 1 heterocycles. The van der Waals surface area contributed by atoms with E-state index in [1.165, 1.54) is 4.88 Å². The second kappa shape index (κ2) is 6.06. The molecule has 0 aliphatic rings. The normalized spacial score (nSPS) is 12.4. The number of nitrogens with one attached hydrogen (secondary N) is 1. The summed E-state index contributed by atoms with van der Waals surface area (Å²) in [6.45, 7) is 0. The van der Waals surface area contributed by atoms with Crippen LogP contribution < -0.4 is 10.1 Å². The lowest BCUT2D eigenvalue weighted by Gasteiger charge is -2.19. The molecule has 1 unspecified atom stereocenters. The zero-order chi connectivity index (χ0) is 13.1. The predicted molar refractivity (Wildman–Crippen MR) is 80.9 cm³/mol. The number of ether oxygens (including phenoxy) is 1. The zero-order valence-corrected chi connectivity index (χ0v) is 13.2. The van der Waals surface area contributed by atoms with Crippen molar-refractivity contribution in [3.63, 3.8) is 0 Å². The molecule has 1 aromatic carbocycles. The summed E-state index contributed by atoms with van der Waals surface area (Å²) in [4.78, 5) is 1.23. The molecule has 0 aliphatic heterocycles. The summed E-state index contributed by atoms with van der Waals surface area (Å²) in [5, 5.41) is 6.05. The van der Waals surface area contributed by atoms with Gasteiger partial charge in [0.2, 0.25) is 0 Å². The van der Waals surface area contributed by atoms with Crippen LogP contribution in [0.3, 0.4) is 0 Å². The van der Waals surface area contributed by atoms with E-state index in [-0.39, 0.29) is 6.04 Å². The van der Waals surface area contributed by atoms with Gasteiger partial charge in [0.05, 0.1) is 17.6 Å². The highest BCUT2D eigenvalue weighted by molar-refractivity contribution is 9.10. The number of thiophene rings is 1. The Kier molecular flexibility index (Phi) is 4.67. The monoisotopic (exact) mass is 345 g/mol. The minimum absolute atomic E-state index is 0.0787. The van der Waals surface area contributed by atoms with Gasteiger partial charge in [-0.25, -0.2) is 0 Å². The maximum Gasteiger partial charge on any atom is 0.138 e. The highest BCUT2D eigenvalue weighted by atomic mass is 79.9. The lowest BCUT2D eigenvalue weighted by molar-refractivity contribution is 0.403. The molecule has 0 saturated carbocycles. The van der Waals surface area contributed by atoms with Crippen LogP contribution in [-0.2, 0) is 0 Å². The summed E-state index contributed by atoms with van der Waals surface area (Å²) in [7, 11) is 3.59. The lowest BCUT2D eigenvalue weighted by atomic mass is 10.0. The lowest BCUT2D eigenvalue weighted by Crippen LogP contribution is -2.17. The van der Waals surface area contributed by atoms with Gasteiger partial charge < -0.3 is 10.1 Å². The Morgan fingerprint density at radius 2 is 2.22 bits per heavy atom. The molecule has 5 heteroatoms. The number of rotatable bonds is 4. The zero-order valence-electron chi connectivity index (χ0n) is 10.0. The third-order valence-corrected chi connectivity index (χ3v) is 4.41. The first kappa shape index (κ1) is 13.9. The largest absolute Gasteiger partial charge is 0.495 e. The van der Waals surface area contributed by atoms with Crippen LogP contribution in [-0.4, -0.2) is 14.2 Å². The molecule has 0 radical (unpaired) electrons. The molecular formula is C13H13BrClNOS. The fraction of sp³-hybridized carbons (Fsp3) is 0.231. The summed E-state index contributed by atoms with van der Waals surface area (Å²) >= 11 is 11.3. The molecular weight excluding hydrogens is 334 g/mol. The molecule has 2 rings (SSSR count). The minimum Gasteiger partial charge on any atom is -0.495 e. The van der Waals surface area contributed by atoms with Gasteiger partial charge in [-0.1, -0.05) is 17.7 Å². The van der Waals surface area contributed by atoms with Crippen molar-refractivity contribution >= 4 is 38.9 Å². The molecule has 0 aliphatic carbocycles. The van der Waals surface area contributed by atoms with Gasteiger partial charge >= 0.3 is 0 Å². The van der Waals surface area contributed by atoms with Crippen molar-refractivity contribution in [2.24, 2.45) is 0 Å². The van der Waals surface area contributed by atoms with Crippen molar-refractivity contribution in [3.8, 4) is 5.75 Å². The van der Waals surface area contributed by atoms with E-state index in [0.717, 1.165) is 15.8 Å². The summed E-state index contributed by atoms with van der Waals surface area (Å²) in [5.41, 5.74) is 1.03. The Labute approximate surface area is 124 Å². The molecule has 1 N–H and O–H groups in total. The smallest absolute Gasteiger partial charge is 0.138 e. The molecule has 0 spiro atoms. The van der Waals surface area contributed by atoms with Gasteiger partial charge in [-0.2, -0.15) is 0 Å². The summed E-state index contributed by atoms with van der Waals surface area (Å²) in [6.07, 6.45) is 0. The summed E-state index contributed by atoms with van der Waals surface area (Å²) < 4.78 is 6.34. The molecule has 96 valence electrons. The molecule has 0 saturated heterocycles. The average molecular weight is 347 g/mol. The average Bonchev–Trinajstić information content (AvgIpc) is 2.83. The SMILES string of the molecule is CNC(c1cccs1)c1cc(Cl)cc(Br)c1OC. The fourth-order valence-electron chi connectivity index (χ4n) is 1.92. The Morgan fingerprint density at radius 3 is 2.78 bits per heavy atom. The Bertz CT molecular complexity index is 530. The van der Waals surface area contributed by atoms with E-state index in [4.69, 9.17) is 16.3 Å². The molecule has 0 fully saturated rings. The van der Waals surface area contributed by atoms with E-state index in [1.54, 1.807) is 18.4 Å². The van der Waals surface area contributed by atoms with Crippen LogP contribution in [0.25, 0.3) is 0 Å². The highest BCUT2D eigenvalue weighted by Crippen LogP contribution is 2.39. The van der Waals surface area contributed by atoms with Crippen LogP contribution in [0.2, 0.25) is 5.02 Å². The predicted octanol–water partition coefficient (Wildman–Crippen LogP) is 4.48. The maximum atomic E-state index is 6.13. The number of hydrogen-bond acceptors (Lipinski definition) is 3. The number of halogens is 2. The van der Waals surface area contributed by atoms with Crippen LogP contribution in [0, 0.1) is 0 Å². The van der Waals surface area contributed by atoms with Gasteiger partial charge in [0.15, 0.2) is 0 Å². The van der Waals surface area contributed by atoms with Gasteiger partial charge in [-0.05, 0) is 46.6 Å². The Morgan fingerprint density at radius 1 is 1.44 bits per heavy atom. The van der Waals surface area contributed by atoms with Crippen molar-refractivity contribution in [3.05, 3.63) is 49.6 Å². The summed E-state index contributed by atoms with van der Waals surface area (Å²) in [6, 6.07) is 7.99. The third kappa shape index (κ3) is 2.72. The summed E-state index contributed by atoms with van der Waals surface area (Å²) in [5.74, 6) is 0.812. The van der Waals surface area contributed by atoms with E-state index < -0.39 is 0 Å². The van der Waals surface area contributed by atoms with Crippen LogP contribution >= 0.6 is 38.9 Å². The first-order valence-electron chi connectivity index (χ1n) is 5.41. The molecule has 0 bridgehead atoms. The Balaban J connectivity index is 2.54. The number of benzene rings is 1. The molecule has 2 aromatic rings. The first-order valence-corrected chi connectivity index (χ1v) is 7.46. The second-order valence-electron chi connectivity index (χ2n) is 3.75. The van der Waals surface area contributed by atoms with E-state index in [2.05, 4.69) is 32.7 Å². The molecule has 1 atom stereocenters. The first-order chi connectivity index (χ1) is 8.67. The van der Waals surface area contributed by atoms with Crippen LogP contribution in [0.5, 0.6) is 5.75 Å². The second-order valence-corrected chi connectivity index (χ2v) is 6.02. The highest BCUT2D eigenvalue weighted by Gasteiger charge is 2.20. The van der Waals surface area contributed by atoms with Crippen LogP contribution in [0.1, 0.15) is 16.5 Å². The van der Waals surface area contributed by atoms with Crippen LogP contribution in [0.4, 0.5) is 0 Å². The van der Waals surface area contributed by atoms with E-state index >= 15 is 0 Å². The van der Waals surface area contributed by atoms with Crippen molar-refractivity contribution in [2.75, 3.05) is 14.2 Å². The van der Waals surface area contributed by atoms with Gasteiger partial charge in [0.25, 0.3) is 0 Å². The van der Waals surface area contributed by atoms with Gasteiger partial charge in [-0.15, -0.1) is 11.3 Å². The maximum absolute atomic E-state index is 6.13. The van der Waals surface area contributed by atoms with Crippen molar-refractivity contribution in [1.29, 1.82) is 0 Å². The molecule has 18 heavy (non-hydrogen) atoms. The van der Waals surface area contributed by atoms with Crippen molar-refractivity contribution in [1.82, 2.24) is 5.32 Å². The number of hydrogen-bond donors (Lipinski definition) is 1. The molecule has 1 aromatic heterocycles. The fourth-order valence-corrected chi connectivity index (χ4v) is 3.76. The van der Waals surface area contributed by atoms with Gasteiger partial charge in [-0.3, -0.25) is 0 Å². The van der Waals surface area contributed by atoms with Crippen LogP contribution in [0.15, 0.2) is 34.1 Å². The number of methoxy groups -OCH3 is 1. The van der Waals surface area contributed by atoms with E-state index in [9.17, 15) is 0 Å². The Hall–Kier alpha value is -0.550. The van der Waals surface area contributed by atoms with Crippen molar-refractivity contribution < 1.29 is 4.74 Å². The van der Waals surface area contributed by atoms with Gasteiger partial charge in [0, 0.05) is 15.5 Å². The quantitative estimate of drug-likeness (QED) is 0.881. The minimum atomic E-state index is 0.0787. The third-order valence-electron chi connectivity index (χ3n) is 2.67. The van der Waals surface area contributed by atoms with Crippen molar-refractivity contribution in [2.45, 2.75) is 6.04 Å². The van der Waals surface area contributed by atoms with E-state index in [1.807, 2.05) is 25.2 Å². The van der Waals surface area contributed by atoms with E-state index in [0.29, 0.717) is 5.02 Å². The standard InChI is InChI=1S/C13H13BrClNOS/c1-16-12(11-4-3-5-18-11)9-6-8(15)7-10(14)13(9)17-2/h3-7,12,16H,1-2H3. The topological polar surface area (TPSA) is 21.3 Å². The molecule has 2 nitrogen and oxygen atoms in total. The molecule has 0 amide bonds. The van der Waals surface area contributed by atoms with Gasteiger partial charge in [0.1, 0.15) is 5.75 Å².